The molecule has 1 aliphatic rings. The molecule has 1 fully saturated rings. The van der Waals surface area contributed by atoms with Crippen LogP contribution in [0.4, 0.5) is 10.2 Å². The molecule has 150 valence electrons. The lowest BCUT2D eigenvalue weighted by Gasteiger charge is -2.33. The van der Waals surface area contributed by atoms with Crippen molar-refractivity contribution in [2.75, 3.05) is 18.0 Å². The standard InChI is InChI=1S/C22H22ClFN4O/c23-17-4-1-3-15(11-17)12-22(29)25-19-5-2-10-28(14-19)21-13-20(26-27-21)16-6-8-18(24)9-7-16/h1,3-4,6-9,11,13,19H,2,5,10,12,14H2,(H,25,29)(H,26,27)/t19-/m0/s1. The number of aromatic nitrogens is 2. The molecule has 0 saturated carbocycles. The van der Waals surface area contributed by atoms with Crippen LogP contribution < -0.4 is 10.2 Å². The third kappa shape index (κ3) is 4.95. The van der Waals surface area contributed by atoms with Gasteiger partial charge in [0.15, 0.2) is 5.82 Å². The van der Waals surface area contributed by atoms with Crippen molar-refractivity contribution in [1.82, 2.24) is 15.5 Å². The minimum absolute atomic E-state index is 0.00635. The third-order valence-corrected chi connectivity index (χ3v) is 5.32. The molecule has 1 aromatic heterocycles. The zero-order chi connectivity index (χ0) is 20.2. The van der Waals surface area contributed by atoms with E-state index in [1.165, 1.54) is 12.1 Å². The average molecular weight is 413 g/mol. The van der Waals surface area contributed by atoms with Crippen LogP contribution in [-0.2, 0) is 11.2 Å². The van der Waals surface area contributed by atoms with E-state index in [-0.39, 0.29) is 17.8 Å². The number of carbonyl (C=O) groups excluding carboxylic acids is 1. The van der Waals surface area contributed by atoms with Crippen LogP contribution in [0, 0.1) is 5.82 Å². The number of benzene rings is 2. The van der Waals surface area contributed by atoms with E-state index in [4.69, 9.17) is 11.6 Å². The van der Waals surface area contributed by atoms with Crippen LogP contribution in [0.25, 0.3) is 11.3 Å². The predicted octanol–water partition coefficient (Wildman–Crippen LogP) is 4.20. The number of hydrogen-bond acceptors (Lipinski definition) is 3. The molecule has 2 heterocycles. The number of piperidine rings is 1. The molecule has 1 amide bonds. The van der Waals surface area contributed by atoms with Gasteiger partial charge in [-0.05, 0) is 60.4 Å². The van der Waals surface area contributed by atoms with Gasteiger partial charge in [0, 0.05) is 30.2 Å². The quantitative estimate of drug-likeness (QED) is 0.660. The van der Waals surface area contributed by atoms with Crippen LogP contribution in [0.15, 0.2) is 54.6 Å². The van der Waals surface area contributed by atoms with Gasteiger partial charge < -0.3 is 10.2 Å². The number of aromatic amines is 1. The van der Waals surface area contributed by atoms with Crippen LogP contribution in [-0.4, -0.2) is 35.2 Å². The zero-order valence-electron chi connectivity index (χ0n) is 15.9. The van der Waals surface area contributed by atoms with E-state index in [1.807, 2.05) is 24.3 Å². The molecule has 5 nitrogen and oxygen atoms in total. The Hall–Kier alpha value is -2.86. The maximum atomic E-state index is 13.1. The summed E-state index contributed by atoms with van der Waals surface area (Å²) in [5.74, 6) is 0.562. The van der Waals surface area contributed by atoms with Crippen molar-refractivity contribution in [3.05, 3.63) is 71.0 Å². The van der Waals surface area contributed by atoms with Gasteiger partial charge in [0.1, 0.15) is 5.82 Å². The van der Waals surface area contributed by atoms with Crippen molar-refractivity contribution < 1.29 is 9.18 Å². The topological polar surface area (TPSA) is 61.0 Å². The highest BCUT2D eigenvalue weighted by Gasteiger charge is 2.23. The minimum Gasteiger partial charge on any atom is -0.353 e. The highest BCUT2D eigenvalue weighted by atomic mass is 35.5. The Labute approximate surface area is 173 Å². The van der Waals surface area contributed by atoms with E-state index in [1.54, 1.807) is 18.2 Å². The number of halogens is 2. The van der Waals surface area contributed by atoms with Crippen molar-refractivity contribution in [2.24, 2.45) is 0 Å². The Kier molecular flexibility index (Phi) is 5.81. The predicted molar refractivity (Wildman–Crippen MR) is 113 cm³/mol. The van der Waals surface area contributed by atoms with Crippen LogP contribution in [0.1, 0.15) is 18.4 Å². The Morgan fingerprint density at radius 3 is 2.86 bits per heavy atom. The number of hydrogen-bond donors (Lipinski definition) is 2. The first-order valence-electron chi connectivity index (χ1n) is 9.67. The summed E-state index contributed by atoms with van der Waals surface area (Å²) < 4.78 is 13.1. The maximum absolute atomic E-state index is 13.1. The van der Waals surface area contributed by atoms with Crippen molar-refractivity contribution in [2.45, 2.75) is 25.3 Å². The SMILES string of the molecule is O=C(Cc1cccc(Cl)c1)N[C@H]1CCCN(c2cc(-c3ccc(F)cc3)[nH]n2)C1. The van der Waals surface area contributed by atoms with Crippen LogP contribution in [0.5, 0.6) is 0 Å². The van der Waals surface area contributed by atoms with Gasteiger partial charge in [-0.15, -0.1) is 0 Å². The van der Waals surface area contributed by atoms with Gasteiger partial charge in [-0.3, -0.25) is 9.89 Å². The Balaban J connectivity index is 1.37. The summed E-state index contributed by atoms with van der Waals surface area (Å²) in [6.45, 7) is 1.59. The number of nitrogens with one attached hydrogen (secondary N) is 2. The molecule has 3 aromatic rings. The lowest BCUT2D eigenvalue weighted by atomic mass is 10.0. The summed E-state index contributed by atoms with van der Waals surface area (Å²) in [7, 11) is 0. The summed E-state index contributed by atoms with van der Waals surface area (Å²) in [5, 5.41) is 11.2. The summed E-state index contributed by atoms with van der Waals surface area (Å²) in [4.78, 5) is 14.6. The molecule has 29 heavy (non-hydrogen) atoms. The van der Waals surface area contributed by atoms with Crippen LogP contribution in [0.3, 0.4) is 0 Å². The highest BCUT2D eigenvalue weighted by molar-refractivity contribution is 6.30. The number of amides is 1. The second-order valence-electron chi connectivity index (χ2n) is 7.31. The molecule has 4 rings (SSSR count). The third-order valence-electron chi connectivity index (χ3n) is 5.08. The molecular weight excluding hydrogens is 391 g/mol. The van der Waals surface area contributed by atoms with Crippen molar-refractivity contribution in [3.8, 4) is 11.3 Å². The molecule has 0 radical (unpaired) electrons. The number of nitrogens with zero attached hydrogens (tertiary/aromatic N) is 2. The molecule has 1 atom stereocenters. The lowest BCUT2D eigenvalue weighted by molar-refractivity contribution is -0.121. The molecule has 1 saturated heterocycles. The second kappa shape index (κ2) is 8.66. The molecule has 2 aromatic carbocycles. The van der Waals surface area contributed by atoms with Gasteiger partial charge >= 0.3 is 0 Å². The first kappa shape index (κ1) is 19.5. The fourth-order valence-corrected chi connectivity index (χ4v) is 3.88. The summed E-state index contributed by atoms with van der Waals surface area (Å²) >= 11 is 5.99. The number of rotatable bonds is 5. The Morgan fingerprint density at radius 2 is 2.07 bits per heavy atom. The molecule has 0 unspecified atom stereocenters. The summed E-state index contributed by atoms with van der Waals surface area (Å²) in [6, 6.07) is 15.7. The van der Waals surface area contributed by atoms with E-state index in [0.717, 1.165) is 42.0 Å². The first-order chi connectivity index (χ1) is 14.1. The van der Waals surface area contributed by atoms with E-state index in [2.05, 4.69) is 20.4 Å². The maximum Gasteiger partial charge on any atom is 0.224 e. The van der Waals surface area contributed by atoms with E-state index >= 15 is 0 Å². The van der Waals surface area contributed by atoms with Gasteiger partial charge in [-0.25, -0.2) is 4.39 Å². The van der Waals surface area contributed by atoms with Gasteiger partial charge in [-0.1, -0.05) is 23.7 Å². The smallest absolute Gasteiger partial charge is 0.224 e. The number of H-pyrrole nitrogens is 1. The van der Waals surface area contributed by atoms with E-state index in [9.17, 15) is 9.18 Å². The first-order valence-corrected chi connectivity index (χ1v) is 10.0. The van der Waals surface area contributed by atoms with Gasteiger partial charge in [-0.2, -0.15) is 5.10 Å². The Morgan fingerprint density at radius 1 is 1.24 bits per heavy atom. The van der Waals surface area contributed by atoms with Gasteiger partial charge in [0.25, 0.3) is 0 Å². The Bertz CT molecular complexity index is 988. The molecule has 0 spiro atoms. The molecule has 1 aliphatic heterocycles. The highest BCUT2D eigenvalue weighted by Crippen LogP contribution is 2.24. The molecule has 2 N–H and O–H groups in total. The fourth-order valence-electron chi connectivity index (χ4n) is 3.66. The lowest BCUT2D eigenvalue weighted by Crippen LogP contribution is -2.48. The molecule has 7 heteroatoms. The van der Waals surface area contributed by atoms with E-state index in [0.29, 0.717) is 18.0 Å². The summed E-state index contributed by atoms with van der Waals surface area (Å²) in [5.41, 5.74) is 2.62. The number of carbonyl (C=O) groups is 1. The van der Waals surface area contributed by atoms with Crippen molar-refractivity contribution >= 4 is 23.3 Å². The molecule has 0 bridgehead atoms. The largest absolute Gasteiger partial charge is 0.353 e. The van der Waals surface area contributed by atoms with Crippen LogP contribution >= 0.6 is 11.6 Å². The second-order valence-corrected chi connectivity index (χ2v) is 7.74. The monoisotopic (exact) mass is 412 g/mol. The molecule has 0 aliphatic carbocycles. The van der Waals surface area contributed by atoms with E-state index < -0.39 is 0 Å². The van der Waals surface area contributed by atoms with Crippen LogP contribution in [0.2, 0.25) is 5.02 Å². The average Bonchev–Trinajstić information content (AvgIpc) is 3.19. The van der Waals surface area contributed by atoms with Gasteiger partial charge in [0.05, 0.1) is 12.1 Å². The molecular formula is C22H22ClFN4O. The minimum atomic E-state index is -0.263. The normalized spacial score (nSPS) is 16.6. The zero-order valence-corrected chi connectivity index (χ0v) is 16.6. The fraction of sp³-hybridized carbons (Fsp3) is 0.273. The number of anilines is 1. The van der Waals surface area contributed by atoms with Gasteiger partial charge in [0.2, 0.25) is 5.91 Å². The summed E-state index contributed by atoms with van der Waals surface area (Å²) in [6.07, 6.45) is 2.22. The van der Waals surface area contributed by atoms with Crippen molar-refractivity contribution in [1.29, 1.82) is 0 Å². The van der Waals surface area contributed by atoms with Crippen molar-refractivity contribution in [3.63, 3.8) is 0 Å².